The Morgan fingerprint density at radius 1 is 1.38 bits per heavy atom. The summed E-state index contributed by atoms with van der Waals surface area (Å²) >= 11 is 5.79. The van der Waals surface area contributed by atoms with E-state index in [-0.39, 0.29) is 27.4 Å². The van der Waals surface area contributed by atoms with Crippen molar-refractivity contribution < 1.29 is 13.2 Å². The van der Waals surface area contributed by atoms with E-state index in [1.54, 1.807) is 0 Å². The molecule has 118 valence electrons. The Labute approximate surface area is 130 Å². The standard InChI is InChI=1S/C14H21ClN2O3S/c1-4-9(2)7-10(3)17-14(18)11-5-6-12(15)13(8-11)21(16,19)20/h5-6,8-10H,4,7H2,1-3H3,(H,17,18)(H2,16,19,20). The third-order valence-electron chi connectivity index (χ3n) is 3.33. The molecule has 0 aliphatic carbocycles. The number of benzene rings is 1. The van der Waals surface area contributed by atoms with Gasteiger partial charge in [0.2, 0.25) is 10.0 Å². The number of nitrogens with two attached hydrogens (primary N) is 1. The van der Waals surface area contributed by atoms with E-state index in [0.29, 0.717) is 5.92 Å². The van der Waals surface area contributed by atoms with E-state index in [1.165, 1.54) is 18.2 Å². The highest BCUT2D eigenvalue weighted by Gasteiger charge is 2.17. The number of hydrogen-bond acceptors (Lipinski definition) is 3. The summed E-state index contributed by atoms with van der Waals surface area (Å²) in [6.45, 7) is 6.13. The van der Waals surface area contributed by atoms with Gasteiger partial charge in [-0.1, -0.05) is 31.9 Å². The van der Waals surface area contributed by atoms with Gasteiger partial charge in [-0.25, -0.2) is 13.6 Å². The molecule has 1 aromatic carbocycles. The second-order valence-corrected chi connectivity index (χ2v) is 7.25. The van der Waals surface area contributed by atoms with Crippen molar-refractivity contribution in [2.24, 2.45) is 11.1 Å². The topological polar surface area (TPSA) is 89.3 Å². The minimum absolute atomic E-state index is 0.000983. The smallest absolute Gasteiger partial charge is 0.251 e. The molecule has 0 fully saturated rings. The van der Waals surface area contributed by atoms with Gasteiger partial charge in [-0.05, 0) is 37.5 Å². The Kier molecular flexibility index (Phi) is 6.19. The van der Waals surface area contributed by atoms with Gasteiger partial charge in [0.05, 0.1) is 5.02 Å². The molecule has 7 heteroatoms. The fourth-order valence-electron chi connectivity index (χ4n) is 2.00. The molecule has 1 amide bonds. The van der Waals surface area contributed by atoms with Crippen LogP contribution in [0.15, 0.2) is 23.1 Å². The molecule has 0 aliphatic rings. The van der Waals surface area contributed by atoms with Gasteiger partial charge < -0.3 is 5.32 Å². The van der Waals surface area contributed by atoms with E-state index < -0.39 is 10.0 Å². The molecule has 2 unspecified atom stereocenters. The van der Waals surface area contributed by atoms with Gasteiger partial charge in [0.15, 0.2) is 0 Å². The summed E-state index contributed by atoms with van der Waals surface area (Å²) in [7, 11) is -3.95. The summed E-state index contributed by atoms with van der Waals surface area (Å²) < 4.78 is 22.8. The number of hydrogen-bond donors (Lipinski definition) is 2. The van der Waals surface area contributed by atoms with E-state index in [9.17, 15) is 13.2 Å². The van der Waals surface area contributed by atoms with Crippen LogP contribution in [0, 0.1) is 5.92 Å². The summed E-state index contributed by atoms with van der Waals surface area (Å²) in [5.74, 6) is 0.165. The van der Waals surface area contributed by atoms with Crippen molar-refractivity contribution in [2.45, 2.75) is 44.6 Å². The van der Waals surface area contributed by atoms with Gasteiger partial charge in [0.1, 0.15) is 4.90 Å². The number of nitrogens with one attached hydrogen (secondary N) is 1. The molecular weight excluding hydrogens is 312 g/mol. The van der Waals surface area contributed by atoms with E-state index >= 15 is 0 Å². The summed E-state index contributed by atoms with van der Waals surface area (Å²) in [5.41, 5.74) is 0.222. The van der Waals surface area contributed by atoms with E-state index in [1.807, 2.05) is 6.92 Å². The third kappa shape index (κ3) is 5.30. The van der Waals surface area contributed by atoms with E-state index in [4.69, 9.17) is 16.7 Å². The highest BCUT2D eigenvalue weighted by molar-refractivity contribution is 7.89. The van der Waals surface area contributed by atoms with Crippen molar-refractivity contribution in [3.05, 3.63) is 28.8 Å². The van der Waals surface area contributed by atoms with E-state index in [0.717, 1.165) is 12.8 Å². The predicted molar refractivity (Wildman–Crippen MR) is 83.8 cm³/mol. The number of sulfonamides is 1. The largest absolute Gasteiger partial charge is 0.350 e. The maximum atomic E-state index is 12.1. The molecule has 21 heavy (non-hydrogen) atoms. The van der Waals surface area contributed by atoms with Crippen LogP contribution in [0.1, 0.15) is 44.0 Å². The van der Waals surface area contributed by atoms with Crippen LogP contribution < -0.4 is 10.5 Å². The SMILES string of the molecule is CCC(C)CC(C)NC(=O)c1ccc(Cl)c(S(N)(=O)=O)c1. The third-order valence-corrected chi connectivity index (χ3v) is 4.72. The normalized spacial score (nSPS) is 14.5. The number of halogens is 1. The molecule has 3 N–H and O–H groups in total. The molecule has 0 radical (unpaired) electrons. The minimum atomic E-state index is -3.95. The van der Waals surface area contributed by atoms with Crippen LogP contribution in [0.3, 0.4) is 0 Å². The lowest BCUT2D eigenvalue weighted by molar-refractivity contribution is 0.0935. The maximum Gasteiger partial charge on any atom is 0.251 e. The van der Waals surface area contributed by atoms with Crippen molar-refractivity contribution >= 4 is 27.5 Å². The number of amides is 1. The molecule has 0 spiro atoms. The quantitative estimate of drug-likeness (QED) is 0.838. The number of carbonyl (C=O) groups is 1. The molecule has 5 nitrogen and oxygen atoms in total. The Bertz CT molecular complexity index is 617. The van der Waals surface area contributed by atoms with Gasteiger partial charge >= 0.3 is 0 Å². The Morgan fingerprint density at radius 2 is 2.00 bits per heavy atom. The van der Waals surface area contributed by atoms with Crippen molar-refractivity contribution in [3.63, 3.8) is 0 Å². The lowest BCUT2D eigenvalue weighted by Crippen LogP contribution is -2.33. The molecule has 0 saturated heterocycles. The fourth-order valence-corrected chi connectivity index (χ4v) is 3.07. The monoisotopic (exact) mass is 332 g/mol. The summed E-state index contributed by atoms with van der Waals surface area (Å²) in [4.78, 5) is 11.9. The van der Waals surface area contributed by atoms with Crippen LogP contribution in [-0.2, 0) is 10.0 Å². The minimum Gasteiger partial charge on any atom is -0.350 e. The second kappa shape index (κ2) is 7.24. The molecule has 1 aromatic rings. The first kappa shape index (κ1) is 17.9. The van der Waals surface area contributed by atoms with Gasteiger partial charge in [-0.15, -0.1) is 0 Å². The van der Waals surface area contributed by atoms with Crippen molar-refractivity contribution in [1.82, 2.24) is 5.32 Å². The Morgan fingerprint density at radius 3 is 2.52 bits per heavy atom. The number of carbonyl (C=O) groups excluding carboxylic acids is 1. The van der Waals surface area contributed by atoms with Crippen LogP contribution in [0.2, 0.25) is 5.02 Å². The Hall–Kier alpha value is -1.11. The molecule has 0 aromatic heterocycles. The zero-order valence-corrected chi connectivity index (χ0v) is 14.0. The van der Waals surface area contributed by atoms with Gasteiger partial charge in [-0.3, -0.25) is 4.79 Å². The number of rotatable bonds is 6. The van der Waals surface area contributed by atoms with Crippen molar-refractivity contribution in [3.8, 4) is 0 Å². The highest BCUT2D eigenvalue weighted by Crippen LogP contribution is 2.21. The first-order valence-electron chi connectivity index (χ1n) is 6.78. The van der Waals surface area contributed by atoms with Crippen LogP contribution in [0.4, 0.5) is 0 Å². The predicted octanol–water partition coefficient (Wildman–Crippen LogP) is 2.54. The van der Waals surface area contributed by atoms with Crippen LogP contribution in [0.5, 0.6) is 0 Å². The molecule has 2 atom stereocenters. The van der Waals surface area contributed by atoms with Crippen molar-refractivity contribution in [2.75, 3.05) is 0 Å². The zero-order valence-electron chi connectivity index (χ0n) is 12.4. The highest BCUT2D eigenvalue weighted by atomic mass is 35.5. The first-order chi connectivity index (χ1) is 9.65. The van der Waals surface area contributed by atoms with Crippen LogP contribution >= 0.6 is 11.6 Å². The maximum absolute atomic E-state index is 12.1. The van der Waals surface area contributed by atoms with Crippen LogP contribution in [0.25, 0.3) is 0 Å². The average Bonchev–Trinajstić information content (AvgIpc) is 2.37. The molecule has 0 bridgehead atoms. The molecule has 0 saturated carbocycles. The lowest BCUT2D eigenvalue weighted by atomic mass is 10.0. The molecule has 0 aliphatic heterocycles. The van der Waals surface area contributed by atoms with E-state index in [2.05, 4.69) is 19.2 Å². The van der Waals surface area contributed by atoms with Crippen LogP contribution in [-0.4, -0.2) is 20.4 Å². The average molecular weight is 333 g/mol. The van der Waals surface area contributed by atoms with Gasteiger partial charge in [0, 0.05) is 11.6 Å². The number of primary sulfonamides is 1. The zero-order chi connectivity index (χ0) is 16.2. The van der Waals surface area contributed by atoms with Gasteiger partial charge in [-0.2, -0.15) is 0 Å². The first-order valence-corrected chi connectivity index (χ1v) is 8.70. The molecular formula is C14H21ClN2O3S. The summed E-state index contributed by atoms with van der Waals surface area (Å²) in [6.07, 6.45) is 1.90. The summed E-state index contributed by atoms with van der Waals surface area (Å²) in [5, 5.41) is 7.91. The summed E-state index contributed by atoms with van der Waals surface area (Å²) in [6, 6.07) is 4.03. The lowest BCUT2D eigenvalue weighted by Gasteiger charge is -2.17. The molecule has 0 heterocycles. The second-order valence-electron chi connectivity index (χ2n) is 5.31. The van der Waals surface area contributed by atoms with Crippen molar-refractivity contribution in [1.29, 1.82) is 0 Å². The Balaban J connectivity index is 2.89. The molecule has 1 rings (SSSR count). The fraction of sp³-hybridized carbons (Fsp3) is 0.500. The van der Waals surface area contributed by atoms with Gasteiger partial charge in [0.25, 0.3) is 5.91 Å².